The maximum absolute atomic E-state index is 11.0. The van der Waals surface area contributed by atoms with Gasteiger partial charge in [-0.05, 0) is 200 Å². The van der Waals surface area contributed by atoms with Crippen molar-refractivity contribution in [3.05, 3.63) is 188 Å². The summed E-state index contributed by atoms with van der Waals surface area (Å²) in [6.45, 7) is 21.2. The van der Waals surface area contributed by atoms with Gasteiger partial charge >= 0.3 is 6.15 Å². The van der Waals surface area contributed by atoms with E-state index in [-0.39, 0.29) is 17.0 Å². The molecule has 6 nitrogen and oxygen atoms in total. The molecule has 0 unspecified atom stereocenters. The SMILES string of the molecule is CCC(CC)(c1ccc(CCC2(O)CCCCC2)c(C)c1)c1ccc(-c2ccc(COC=O)cc2)c(C)c1.CCc1ccc(-c2ccc(C(CC)(CC)c3ccc(CCC4(O)CCCCC4)c(C)c3)cc2C)cc1.O=C=O. The van der Waals surface area contributed by atoms with Crippen molar-refractivity contribution in [2.75, 3.05) is 0 Å². The lowest BCUT2D eigenvalue weighted by atomic mass is 9.69. The van der Waals surface area contributed by atoms with E-state index in [0.29, 0.717) is 13.1 Å². The van der Waals surface area contributed by atoms with E-state index in [1.807, 2.05) is 12.1 Å². The molecule has 2 aliphatic rings. The summed E-state index contributed by atoms with van der Waals surface area (Å²) in [5, 5.41) is 22.0. The van der Waals surface area contributed by atoms with E-state index in [9.17, 15) is 15.0 Å². The van der Waals surface area contributed by atoms with E-state index in [4.69, 9.17) is 14.3 Å². The first-order chi connectivity index (χ1) is 37.1. The van der Waals surface area contributed by atoms with Crippen LogP contribution in [0.25, 0.3) is 22.3 Å². The van der Waals surface area contributed by atoms with Gasteiger partial charge in [-0.25, -0.2) is 0 Å². The summed E-state index contributed by atoms with van der Waals surface area (Å²) in [4.78, 5) is 26.7. The monoisotopic (exact) mass is 1040 g/mol. The Balaban J connectivity index is 0.000000238. The standard InChI is InChI=1S/C35H44O3.C35H46O.CO2/c1-5-35(6-2,31-15-14-29(26(3)22-31)18-21-34(37)19-8-7-9-20-34)32-16-17-33(27(4)23-32)30-12-10-28(11-13-30)24-38-25-36;1-6-28-12-14-30(15-13-28)33-19-18-32(25-27(33)5)35(7-2,8-3)31-17-16-29(26(4)24-31)20-23-34(36)21-10-9-11-22-34;2-1-3/h10-17,22-23,25,37H,5-9,18-21,24H2,1-4H3;12-19,24-25,36H,6-11,20-23H2,1-5H3;. The topological polar surface area (TPSA) is 101 Å². The van der Waals surface area contributed by atoms with Crippen LogP contribution in [0.5, 0.6) is 0 Å². The number of carbonyl (C=O) groups is 1. The summed E-state index contributed by atoms with van der Waals surface area (Å²) in [7, 11) is 0. The van der Waals surface area contributed by atoms with E-state index in [1.54, 1.807) is 0 Å². The summed E-state index contributed by atoms with van der Waals surface area (Å²) in [6, 6.07) is 45.5. The van der Waals surface area contributed by atoms with E-state index >= 15 is 0 Å². The third-order valence-corrected chi connectivity index (χ3v) is 18.3. The van der Waals surface area contributed by atoms with Crippen LogP contribution in [0.2, 0.25) is 0 Å². The lowest BCUT2D eigenvalue weighted by Crippen LogP contribution is -2.31. The molecule has 8 rings (SSSR count). The molecule has 6 heteroatoms. The Hall–Kier alpha value is -5.91. The molecule has 6 aromatic carbocycles. The highest BCUT2D eigenvalue weighted by Crippen LogP contribution is 2.44. The van der Waals surface area contributed by atoms with Gasteiger partial charge in [0.05, 0.1) is 11.2 Å². The molecule has 0 bridgehead atoms. The molecule has 2 N–H and O–H groups in total. The molecule has 0 saturated heterocycles. The molecule has 2 aliphatic carbocycles. The van der Waals surface area contributed by atoms with Crippen molar-refractivity contribution in [1.82, 2.24) is 0 Å². The van der Waals surface area contributed by atoms with Crippen molar-refractivity contribution in [1.29, 1.82) is 0 Å². The molecule has 0 radical (unpaired) electrons. The van der Waals surface area contributed by atoms with Crippen LogP contribution in [0.15, 0.2) is 121 Å². The van der Waals surface area contributed by atoms with Gasteiger partial charge in [-0.15, -0.1) is 0 Å². The van der Waals surface area contributed by atoms with Gasteiger partial charge in [0.15, 0.2) is 0 Å². The van der Waals surface area contributed by atoms with Gasteiger partial charge in [-0.3, -0.25) is 4.79 Å². The second-order valence-corrected chi connectivity index (χ2v) is 22.7. The summed E-state index contributed by atoms with van der Waals surface area (Å²) in [6.07, 6.45) is 20.3. The second-order valence-electron chi connectivity index (χ2n) is 22.7. The van der Waals surface area contributed by atoms with E-state index in [2.05, 4.69) is 172 Å². The van der Waals surface area contributed by atoms with Crippen molar-refractivity contribution in [2.45, 2.75) is 213 Å². The molecule has 0 aliphatic heterocycles. The lowest BCUT2D eigenvalue weighted by molar-refractivity contribution is -0.191. The molecule has 2 fully saturated rings. The van der Waals surface area contributed by atoms with Crippen molar-refractivity contribution in [3.8, 4) is 22.3 Å². The van der Waals surface area contributed by atoms with Crippen LogP contribution in [0.3, 0.4) is 0 Å². The molecule has 410 valence electrons. The average molecular weight is 1040 g/mol. The van der Waals surface area contributed by atoms with Gasteiger partial charge in [0, 0.05) is 10.8 Å². The highest BCUT2D eigenvalue weighted by Gasteiger charge is 2.34. The molecule has 0 heterocycles. The summed E-state index contributed by atoms with van der Waals surface area (Å²) in [5.41, 5.74) is 20.1. The van der Waals surface area contributed by atoms with Gasteiger partial charge in [0.25, 0.3) is 6.47 Å². The highest BCUT2D eigenvalue weighted by atomic mass is 16.5. The van der Waals surface area contributed by atoms with Crippen LogP contribution in [-0.4, -0.2) is 34.0 Å². The summed E-state index contributed by atoms with van der Waals surface area (Å²) in [5.74, 6) is 0. The number of aliphatic hydroxyl groups is 2. The van der Waals surface area contributed by atoms with Crippen molar-refractivity contribution < 1.29 is 29.3 Å². The molecule has 6 aromatic rings. The van der Waals surface area contributed by atoms with Gasteiger partial charge in [-0.2, -0.15) is 9.59 Å². The molecule has 0 atom stereocenters. The molecule has 77 heavy (non-hydrogen) atoms. The molecule has 0 spiro atoms. The van der Waals surface area contributed by atoms with E-state index in [1.165, 1.54) is 109 Å². The number of ether oxygens (including phenoxy) is 1. The largest absolute Gasteiger partial charge is 0.463 e. The molecule has 2 saturated carbocycles. The lowest BCUT2D eigenvalue weighted by Gasteiger charge is -2.35. The molecule has 0 aromatic heterocycles. The van der Waals surface area contributed by atoms with Gasteiger partial charge in [-0.1, -0.05) is 194 Å². The number of aryl methyl sites for hydroxylation is 7. The molecule has 0 amide bonds. The summed E-state index contributed by atoms with van der Waals surface area (Å²) >= 11 is 0. The van der Waals surface area contributed by atoms with Gasteiger partial charge < -0.3 is 14.9 Å². The fourth-order valence-electron chi connectivity index (χ4n) is 13.1. The predicted octanol–water partition coefficient (Wildman–Crippen LogP) is 17.1. The van der Waals surface area contributed by atoms with Crippen LogP contribution >= 0.6 is 0 Å². The van der Waals surface area contributed by atoms with Crippen LogP contribution in [-0.2, 0) is 55.8 Å². The highest BCUT2D eigenvalue weighted by molar-refractivity contribution is 5.70. The average Bonchev–Trinajstić information content (AvgIpc) is 3.44. The quantitative estimate of drug-likeness (QED) is 0.0739. The first-order valence-corrected chi connectivity index (χ1v) is 29.2. The normalized spacial score (nSPS) is 15.0. The number of benzene rings is 6. The maximum atomic E-state index is 11.0. The van der Waals surface area contributed by atoms with Crippen LogP contribution in [0.4, 0.5) is 0 Å². The number of rotatable bonds is 20. The van der Waals surface area contributed by atoms with Crippen molar-refractivity contribution in [3.63, 3.8) is 0 Å². The Kier molecular flexibility index (Phi) is 22.0. The number of hydrogen-bond acceptors (Lipinski definition) is 6. The Morgan fingerprint density at radius 3 is 1.13 bits per heavy atom. The van der Waals surface area contributed by atoms with Crippen LogP contribution in [0, 0.1) is 27.7 Å². The zero-order chi connectivity index (χ0) is 55.6. The zero-order valence-electron chi connectivity index (χ0n) is 48.3. The van der Waals surface area contributed by atoms with Gasteiger partial charge in [0.1, 0.15) is 6.61 Å². The maximum Gasteiger partial charge on any atom is 0.373 e. The molecular weight excluding hydrogens is 949 g/mol. The number of carbonyl (C=O) groups excluding carboxylic acids is 3. The van der Waals surface area contributed by atoms with Crippen LogP contribution < -0.4 is 0 Å². The second kappa shape index (κ2) is 28.1. The molecular formula is C71H90O6. The zero-order valence-corrected chi connectivity index (χ0v) is 48.3. The Morgan fingerprint density at radius 1 is 0.481 bits per heavy atom. The Bertz CT molecular complexity index is 2850. The minimum atomic E-state index is -0.469. The van der Waals surface area contributed by atoms with E-state index in [0.717, 1.165) is 102 Å². The minimum absolute atomic E-state index is 0.0141. The number of hydrogen-bond donors (Lipinski definition) is 2. The predicted molar refractivity (Wildman–Crippen MR) is 316 cm³/mol. The Morgan fingerprint density at radius 2 is 0.818 bits per heavy atom. The fourth-order valence-corrected chi connectivity index (χ4v) is 13.1. The third kappa shape index (κ3) is 14.8. The van der Waals surface area contributed by atoms with E-state index < -0.39 is 11.2 Å². The van der Waals surface area contributed by atoms with Gasteiger partial charge in [0.2, 0.25) is 0 Å². The minimum Gasteiger partial charge on any atom is -0.463 e. The Labute approximate surface area is 463 Å². The first kappa shape index (κ1) is 60.3. The van der Waals surface area contributed by atoms with Crippen LogP contribution in [0.1, 0.15) is 204 Å². The smallest absolute Gasteiger partial charge is 0.373 e. The van der Waals surface area contributed by atoms with Crippen molar-refractivity contribution >= 4 is 12.6 Å². The third-order valence-electron chi connectivity index (χ3n) is 18.3. The van der Waals surface area contributed by atoms with Crippen molar-refractivity contribution in [2.24, 2.45) is 0 Å². The fraction of sp³-hybridized carbons (Fsp3) is 0.465. The summed E-state index contributed by atoms with van der Waals surface area (Å²) < 4.78 is 4.88. The first-order valence-electron chi connectivity index (χ1n) is 29.2.